The monoisotopic (exact) mass is 475 g/mol. The minimum Gasteiger partial charge on any atom is -0.497 e. The number of hydrogen-bond acceptors (Lipinski definition) is 8. The molecule has 0 spiro atoms. The first-order chi connectivity index (χ1) is 17.0. The summed E-state index contributed by atoms with van der Waals surface area (Å²) < 4.78 is 32.0. The molecule has 0 aliphatic rings. The van der Waals surface area contributed by atoms with Crippen molar-refractivity contribution < 1.29 is 33.2 Å². The van der Waals surface area contributed by atoms with Gasteiger partial charge in [0.05, 0.1) is 40.1 Å². The fourth-order valence-corrected chi connectivity index (χ4v) is 3.19. The molecular weight excluding hydrogens is 450 g/mol. The van der Waals surface area contributed by atoms with Crippen LogP contribution in [0, 0.1) is 11.3 Å². The van der Waals surface area contributed by atoms with Crippen molar-refractivity contribution in [3.8, 4) is 40.6 Å². The van der Waals surface area contributed by atoms with Crippen LogP contribution in [0.3, 0.4) is 0 Å². The molecule has 0 aromatic heterocycles. The summed E-state index contributed by atoms with van der Waals surface area (Å²) >= 11 is 0. The lowest BCUT2D eigenvalue weighted by Crippen LogP contribution is -2.18. The van der Waals surface area contributed by atoms with E-state index in [4.69, 9.17) is 28.4 Å². The zero-order chi connectivity index (χ0) is 25.2. The van der Waals surface area contributed by atoms with Gasteiger partial charge in [-0.05, 0) is 59.7 Å². The number of hydrogen-bond donors (Lipinski definition) is 0. The zero-order valence-electron chi connectivity index (χ0n) is 19.9. The summed E-state index contributed by atoms with van der Waals surface area (Å²) in [5.41, 5.74) is 1.75. The summed E-state index contributed by atoms with van der Waals surface area (Å²) in [5, 5.41) is 9.70. The van der Waals surface area contributed by atoms with Crippen LogP contribution in [0.4, 0.5) is 0 Å². The Morgan fingerprint density at radius 2 is 1.49 bits per heavy atom. The molecular formula is C27H25NO7. The van der Waals surface area contributed by atoms with Gasteiger partial charge in [0.1, 0.15) is 11.5 Å². The quantitative estimate of drug-likeness (QED) is 0.179. The van der Waals surface area contributed by atoms with Crippen LogP contribution in [0.25, 0.3) is 11.6 Å². The Labute approximate surface area is 203 Å². The lowest BCUT2D eigenvalue weighted by Gasteiger charge is -2.12. The molecule has 0 aliphatic carbocycles. The molecule has 0 heterocycles. The first-order valence-corrected chi connectivity index (χ1v) is 10.5. The van der Waals surface area contributed by atoms with Crippen molar-refractivity contribution >= 4 is 17.6 Å². The van der Waals surface area contributed by atoms with Crippen molar-refractivity contribution in [2.24, 2.45) is 0 Å². The second-order valence-corrected chi connectivity index (χ2v) is 7.09. The normalized spacial score (nSPS) is 10.7. The molecule has 3 aromatic rings. The predicted octanol–water partition coefficient (Wildman–Crippen LogP) is 4.77. The van der Waals surface area contributed by atoms with Gasteiger partial charge < -0.3 is 28.4 Å². The van der Waals surface area contributed by atoms with E-state index in [0.29, 0.717) is 45.4 Å². The van der Waals surface area contributed by atoms with Crippen LogP contribution in [0.1, 0.15) is 11.1 Å². The Hall–Kier alpha value is -4.64. The molecule has 0 unspecified atom stereocenters. The molecule has 0 atom stereocenters. The molecule has 3 aromatic carbocycles. The zero-order valence-corrected chi connectivity index (χ0v) is 19.9. The third kappa shape index (κ3) is 6.45. The SMILES string of the molecule is COc1cccc(OCC(=O)Oc2ccc(/C=C(/C#N)c3ccc(OC)c(OC)c3)cc2OC)c1. The van der Waals surface area contributed by atoms with Crippen LogP contribution in [0.15, 0.2) is 60.7 Å². The van der Waals surface area contributed by atoms with Crippen LogP contribution in [0.5, 0.6) is 34.5 Å². The largest absolute Gasteiger partial charge is 0.497 e. The number of carbonyl (C=O) groups excluding carboxylic acids is 1. The number of esters is 1. The molecule has 8 heteroatoms. The molecule has 0 saturated carbocycles. The average Bonchev–Trinajstić information content (AvgIpc) is 2.90. The van der Waals surface area contributed by atoms with Crippen LogP contribution in [-0.2, 0) is 4.79 Å². The Morgan fingerprint density at radius 3 is 2.17 bits per heavy atom. The highest BCUT2D eigenvalue weighted by molar-refractivity contribution is 5.90. The Balaban J connectivity index is 1.75. The Kier molecular flexibility index (Phi) is 8.57. The minimum absolute atomic E-state index is 0.230. The van der Waals surface area contributed by atoms with Gasteiger partial charge in [-0.15, -0.1) is 0 Å². The van der Waals surface area contributed by atoms with Crippen LogP contribution < -0.4 is 28.4 Å². The van der Waals surface area contributed by atoms with Gasteiger partial charge in [0.2, 0.25) is 0 Å². The van der Waals surface area contributed by atoms with Crippen molar-refractivity contribution in [2.45, 2.75) is 0 Å². The molecule has 0 bridgehead atoms. The van der Waals surface area contributed by atoms with E-state index in [-0.39, 0.29) is 12.4 Å². The number of methoxy groups -OCH3 is 4. The molecule has 3 rings (SSSR count). The lowest BCUT2D eigenvalue weighted by molar-refractivity contribution is -0.136. The molecule has 0 amide bonds. The van der Waals surface area contributed by atoms with E-state index in [0.717, 1.165) is 0 Å². The fourth-order valence-electron chi connectivity index (χ4n) is 3.19. The highest BCUT2D eigenvalue weighted by Gasteiger charge is 2.13. The van der Waals surface area contributed by atoms with E-state index in [2.05, 4.69) is 6.07 Å². The second kappa shape index (κ2) is 12.0. The van der Waals surface area contributed by atoms with Gasteiger partial charge in [0, 0.05) is 6.07 Å². The van der Waals surface area contributed by atoms with E-state index >= 15 is 0 Å². The van der Waals surface area contributed by atoms with Gasteiger partial charge in [-0.2, -0.15) is 5.26 Å². The fraction of sp³-hybridized carbons (Fsp3) is 0.185. The second-order valence-electron chi connectivity index (χ2n) is 7.09. The highest BCUT2D eigenvalue weighted by atomic mass is 16.6. The van der Waals surface area contributed by atoms with E-state index < -0.39 is 5.97 Å². The number of rotatable bonds is 10. The Bertz CT molecular complexity index is 1260. The summed E-state index contributed by atoms with van der Waals surface area (Å²) in [4.78, 5) is 12.3. The minimum atomic E-state index is -0.600. The third-order valence-electron chi connectivity index (χ3n) is 4.94. The molecule has 180 valence electrons. The molecule has 8 nitrogen and oxygen atoms in total. The van der Waals surface area contributed by atoms with E-state index in [1.165, 1.54) is 14.2 Å². The maximum atomic E-state index is 12.3. The van der Waals surface area contributed by atoms with Gasteiger partial charge in [-0.3, -0.25) is 0 Å². The first-order valence-electron chi connectivity index (χ1n) is 10.5. The standard InChI is InChI=1S/C27H25NO7/c1-30-21-6-5-7-22(15-21)34-17-27(29)35-24-10-8-18(13-25(24)32-3)12-20(16-28)19-9-11-23(31-2)26(14-19)33-4/h5-15H,17H2,1-4H3/b20-12-. The van der Waals surface area contributed by atoms with Crippen molar-refractivity contribution in [1.29, 1.82) is 5.26 Å². The van der Waals surface area contributed by atoms with Crippen LogP contribution in [-0.4, -0.2) is 41.0 Å². The van der Waals surface area contributed by atoms with Crippen molar-refractivity contribution in [1.82, 2.24) is 0 Å². The van der Waals surface area contributed by atoms with Gasteiger partial charge in [-0.25, -0.2) is 4.79 Å². The molecule has 35 heavy (non-hydrogen) atoms. The van der Waals surface area contributed by atoms with E-state index in [1.54, 1.807) is 81.0 Å². The van der Waals surface area contributed by atoms with E-state index in [9.17, 15) is 10.1 Å². The number of carbonyl (C=O) groups is 1. The molecule has 0 radical (unpaired) electrons. The topological polar surface area (TPSA) is 96.2 Å². The van der Waals surface area contributed by atoms with Gasteiger partial charge in [-0.1, -0.05) is 12.1 Å². The number of benzene rings is 3. The molecule has 0 N–H and O–H groups in total. The van der Waals surface area contributed by atoms with Crippen molar-refractivity contribution in [3.05, 3.63) is 71.8 Å². The highest BCUT2D eigenvalue weighted by Crippen LogP contribution is 2.33. The summed E-state index contributed by atoms with van der Waals surface area (Å²) in [5.74, 6) is 2.14. The van der Waals surface area contributed by atoms with E-state index in [1.807, 2.05) is 0 Å². The number of allylic oxidation sites excluding steroid dienone is 1. The van der Waals surface area contributed by atoms with Gasteiger partial charge >= 0.3 is 5.97 Å². The van der Waals surface area contributed by atoms with Crippen molar-refractivity contribution in [3.63, 3.8) is 0 Å². The maximum Gasteiger partial charge on any atom is 0.349 e. The number of nitrogens with zero attached hydrogens (tertiary/aromatic N) is 1. The maximum absolute atomic E-state index is 12.3. The summed E-state index contributed by atoms with van der Waals surface area (Å²) in [6.45, 7) is -0.296. The number of ether oxygens (including phenoxy) is 6. The van der Waals surface area contributed by atoms with Crippen molar-refractivity contribution in [2.75, 3.05) is 35.0 Å². The van der Waals surface area contributed by atoms with Gasteiger partial charge in [0.25, 0.3) is 0 Å². The van der Waals surface area contributed by atoms with Gasteiger partial charge in [0.15, 0.2) is 29.6 Å². The predicted molar refractivity (Wildman–Crippen MR) is 130 cm³/mol. The summed E-state index contributed by atoms with van der Waals surface area (Å²) in [6.07, 6.45) is 1.70. The number of nitriles is 1. The summed E-state index contributed by atoms with van der Waals surface area (Å²) in [6, 6.07) is 19.3. The lowest BCUT2D eigenvalue weighted by atomic mass is 10.0. The van der Waals surface area contributed by atoms with Crippen LogP contribution in [0.2, 0.25) is 0 Å². The molecule has 0 saturated heterocycles. The first kappa shape index (κ1) is 25.0. The Morgan fingerprint density at radius 1 is 0.800 bits per heavy atom. The van der Waals surface area contributed by atoms with Crippen LogP contribution >= 0.6 is 0 Å². The smallest absolute Gasteiger partial charge is 0.349 e. The third-order valence-corrected chi connectivity index (χ3v) is 4.94. The molecule has 0 fully saturated rings. The molecule has 0 aliphatic heterocycles. The summed E-state index contributed by atoms with van der Waals surface area (Å²) in [7, 11) is 6.09. The average molecular weight is 475 g/mol.